The Kier molecular flexibility index (Phi) is 10.1. The molecule has 0 aromatic heterocycles. The molecule has 282 valence electrons. The first-order valence-electron chi connectivity index (χ1n) is 14.2. The van der Waals surface area contributed by atoms with E-state index >= 15 is 0 Å². The van der Waals surface area contributed by atoms with Gasteiger partial charge in [-0.15, -0.1) is 25.6 Å². The molecule has 0 amide bonds. The summed E-state index contributed by atoms with van der Waals surface area (Å²) in [6, 6.07) is 9.23. The van der Waals surface area contributed by atoms with Crippen LogP contribution in [-0.2, 0) is 20.2 Å². The van der Waals surface area contributed by atoms with Crippen LogP contribution in [0, 0.1) is 30.3 Å². The Hall–Kier alpha value is -7.62. The molecular formula is C28H18N10O15S2. The molecule has 0 bridgehead atoms. The van der Waals surface area contributed by atoms with E-state index in [4.69, 9.17) is 5.73 Å². The fourth-order valence-electron chi connectivity index (χ4n) is 4.63. The van der Waals surface area contributed by atoms with Crippen LogP contribution in [0.3, 0.4) is 0 Å². The lowest BCUT2D eigenvalue weighted by atomic mass is 10.1. The Bertz CT molecular complexity index is 2790. The molecule has 0 radical (unpaired) electrons. The molecule has 5 rings (SSSR count). The highest BCUT2D eigenvalue weighted by Gasteiger charge is 2.27. The predicted octanol–water partition coefficient (Wildman–Crippen LogP) is 7.00. The maximum absolute atomic E-state index is 12.3. The summed E-state index contributed by atoms with van der Waals surface area (Å²) in [6.07, 6.45) is 0. The summed E-state index contributed by atoms with van der Waals surface area (Å²) >= 11 is 0. The zero-order valence-electron chi connectivity index (χ0n) is 26.6. The number of anilines is 1. The Labute approximate surface area is 304 Å². The van der Waals surface area contributed by atoms with Crippen molar-refractivity contribution in [3.63, 3.8) is 0 Å². The summed E-state index contributed by atoms with van der Waals surface area (Å²) in [5, 5.41) is 86.4. The van der Waals surface area contributed by atoms with Crippen LogP contribution in [0.2, 0.25) is 0 Å². The molecule has 0 saturated heterocycles. The van der Waals surface area contributed by atoms with Gasteiger partial charge in [-0.25, -0.2) is 0 Å². The van der Waals surface area contributed by atoms with Gasteiger partial charge < -0.3 is 21.1 Å². The van der Waals surface area contributed by atoms with Gasteiger partial charge in [0.15, 0.2) is 5.69 Å². The largest absolute Gasteiger partial charge is 0.507 e. The van der Waals surface area contributed by atoms with Gasteiger partial charge in [0.1, 0.15) is 33.5 Å². The van der Waals surface area contributed by atoms with E-state index in [0.29, 0.717) is 30.3 Å². The summed E-state index contributed by atoms with van der Waals surface area (Å²) in [4.78, 5) is 28.6. The number of nitrogen functional groups attached to an aromatic ring is 1. The third kappa shape index (κ3) is 8.07. The minimum absolute atomic E-state index is 0.0892. The van der Waals surface area contributed by atoms with Crippen LogP contribution in [0.5, 0.6) is 17.2 Å². The summed E-state index contributed by atoms with van der Waals surface area (Å²) in [6.45, 7) is 0. The minimum Gasteiger partial charge on any atom is -0.507 e. The standard InChI is InChI=1S/C28H18N10O15S2/c29-25-17(5-6-21(39)27(25)35-33-19-7-14(37(44)45)8-20(28(19)41)38(46)47)31-32-18-10-15(54(48,49)50)9-16-24(18)22(40)11-23(55(51,52)53)26(16)34-30-12-1-3-13(4-2-12)36(42)43/h1-11,39-41H,29H2,(H,48,49,50)(H,51,52,53). The number of phenolic OH excluding ortho intramolecular Hbond substituents is 3. The van der Waals surface area contributed by atoms with Crippen molar-refractivity contribution >= 4 is 87.9 Å². The van der Waals surface area contributed by atoms with Gasteiger partial charge in [0, 0.05) is 29.7 Å². The number of benzene rings is 5. The molecule has 5 aromatic carbocycles. The van der Waals surface area contributed by atoms with Crippen molar-refractivity contribution in [2.45, 2.75) is 9.79 Å². The predicted molar refractivity (Wildman–Crippen MR) is 185 cm³/mol. The first-order valence-corrected chi connectivity index (χ1v) is 17.1. The molecule has 0 saturated carbocycles. The fraction of sp³-hybridized carbons (Fsp3) is 0. The Morgan fingerprint density at radius 2 is 1.18 bits per heavy atom. The Morgan fingerprint density at radius 1 is 0.582 bits per heavy atom. The molecule has 27 heteroatoms. The monoisotopic (exact) mass is 798 g/mol. The number of fused-ring (bicyclic) bond motifs is 1. The van der Waals surface area contributed by atoms with Gasteiger partial charge in [-0.1, -0.05) is 0 Å². The molecular weight excluding hydrogens is 780 g/mol. The number of nitro benzene ring substituents is 3. The second-order valence-electron chi connectivity index (χ2n) is 10.6. The van der Waals surface area contributed by atoms with Crippen LogP contribution in [0.4, 0.5) is 56.9 Å². The van der Waals surface area contributed by atoms with Crippen LogP contribution < -0.4 is 5.73 Å². The quantitative estimate of drug-likeness (QED) is 0.0257. The van der Waals surface area contributed by atoms with Crippen molar-refractivity contribution in [1.29, 1.82) is 0 Å². The third-order valence-corrected chi connectivity index (χ3v) is 8.86. The summed E-state index contributed by atoms with van der Waals surface area (Å²) in [5.41, 5.74) is -0.0142. The van der Waals surface area contributed by atoms with Crippen molar-refractivity contribution in [1.82, 2.24) is 0 Å². The van der Waals surface area contributed by atoms with Crippen LogP contribution in [-0.4, -0.2) is 56.0 Å². The van der Waals surface area contributed by atoms with Crippen LogP contribution in [0.15, 0.2) is 107 Å². The SMILES string of the molecule is Nc1c(N=Nc2cc(S(=O)(=O)O)cc3c(N=Nc4ccc([N+](=O)[O-])cc4)c(S(=O)(=O)O)cc(O)c23)ccc(O)c1N=Nc1cc([N+](=O)[O-])cc([N+](=O)[O-])c1O. The second kappa shape index (κ2) is 14.4. The number of hydrogen-bond acceptors (Lipinski definition) is 20. The highest BCUT2D eigenvalue weighted by Crippen LogP contribution is 2.47. The molecule has 5 aromatic rings. The zero-order valence-corrected chi connectivity index (χ0v) is 28.2. The maximum atomic E-state index is 12.3. The smallest absolute Gasteiger partial charge is 0.319 e. The second-order valence-corrected chi connectivity index (χ2v) is 13.5. The van der Waals surface area contributed by atoms with Crippen LogP contribution in [0.25, 0.3) is 10.8 Å². The number of rotatable bonds is 11. The van der Waals surface area contributed by atoms with Gasteiger partial charge in [-0.05, 0) is 36.4 Å². The van der Waals surface area contributed by atoms with E-state index in [1.54, 1.807) is 0 Å². The summed E-state index contributed by atoms with van der Waals surface area (Å²) in [7, 11) is -10.4. The average molecular weight is 799 g/mol. The van der Waals surface area contributed by atoms with E-state index in [9.17, 15) is 71.6 Å². The van der Waals surface area contributed by atoms with Gasteiger partial charge in [0.2, 0.25) is 5.75 Å². The third-order valence-electron chi connectivity index (χ3n) is 7.16. The Morgan fingerprint density at radius 3 is 1.76 bits per heavy atom. The highest BCUT2D eigenvalue weighted by molar-refractivity contribution is 7.86. The lowest BCUT2D eigenvalue weighted by molar-refractivity contribution is -0.394. The summed E-state index contributed by atoms with van der Waals surface area (Å²) < 4.78 is 69.1. The molecule has 0 aliphatic rings. The number of azo groups is 3. The van der Waals surface area contributed by atoms with E-state index in [1.165, 1.54) is 0 Å². The highest BCUT2D eigenvalue weighted by atomic mass is 32.2. The molecule has 0 fully saturated rings. The summed E-state index contributed by atoms with van der Waals surface area (Å²) in [5.74, 6) is -2.77. The van der Waals surface area contributed by atoms with E-state index in [0.717, 1.165) is 36.4 Å². The van der Waals surface area contributed by atoms with Gasteiger partial charge >= 0.3 is 5.69 Å². The van der Waals surface area contributed by atoms with Crippen molar-refractivity contribution in [3.8, 4) is 17.2 Å². The number of non-ortho nitro benzene ring substituents is 2. The first-order chi connectivity index (χ1) is 25.7. The molecule has 0 aliphatic heterocycles. The van der Waals surface area contributed by atoms with Crippen molar-refractivity contribution in [2.75, 3.05) is 5.73 Å². The molecule has 0 heterocycles. The molecule has 0 spiro atoms. The maximum Gasteiger partial charge on any atom is 0.319 e. The lowest BCUT2D eigenvalue weighted by Crippen LogP contribution is -2.01. The van der Waals surface area contributed by atoms with Crippen LogP contribution >= 0.6 is 0 Å². The molecule has 0 aliphatic carbocycles. The van der Waals surface area contributed by atoms with E-state index < -0.39 is 113 Å². The number of nitro groups is 3. The first kappa shape index (κ1) is 38.6. The lowest BCUT2D eigenvalue weighted by Gasteiger charge is -2.12. The number of phenols is 3. The minimum atomic E-state index is -5.25. The molecule has 7 N–H and O–H groups in total. The molecule has 55 heavy (non-hydrogen) atoms. The van der Waals surface area contributed by atoms with Crippen molar-refractivity contribution in [2.24, 2.45) is 30.7 Å². The van der Waals surface area contributed by atoms with Crippen molar-refractivity contribution in [3.05, 3.63) is 97.1 Å². The van der Waals surface area contributed by atoms with Crippen molar-refractivity contribution < 1.29 is 56.0 Å². The van der Waals surface area contributed by atoms with Gasteiger partial charge in [0.25, 0.3) is 31.6 Å². The van der Waals surface area contributed by atoms with E-state index in [1.807, 2.05) is 0 Å². The fourth-order valence-corrected chi connectivity index (χ4v) is 5.81. The number of nitrogens with two attached hydrogens (primary N) is 1. The number of aromatic hydroxyl groups is 3. The van der Waals surface area contributed by atoms with E-state index in [2.05, 4.69) is 30.7 Å². The molecule has 0 unspecified atom stereocenters. The van der Waals surface area contributed by atoms with Crippen LogP contribution in [0.1, 0.15) is 0 Å². The van der Waals surface area contributed by atoms with Gasteiger partial charge in [-0.2, -0.15) is 21.9 Å². The van der Waals surface area contributed by atoms with Gasteiger partial charge in [-0.3, -0.25) is 39.4 Å². The van der Waals surface area contributed by atoms with E-state index in [-0.39, 0.29) is 17.1 Å². The molecule has 25 nitrogen and oxygen atoms in total. The zero-order chi connectivity index (χ0) is 40.6. The number of hydrogen-bond donors (Lipinski definition) is 6. The number of nitrogens with zero attached hydrogens (tertiary/aromatic N) is 9. The van der Waals surface area contributed by atoms with Gasteiger partial charge in [0.05, 0.1) is 48.2 Å². The molecule has 0 atom stereocenters. The Balaban J connectivity index is 1.68. The normalized spacial score (nSPS) is 12.3. The topological polar surface area (TPSA) is 399 Å². The average Bonchev–Trinajstić information content (AvgIpc) is 3.10.